The average Bonchev–Trinajstić information content (AvgIpc) is 2.60. The number of ether oxygens (including phenoxy) is 1. The SMILES string of the molecule is COc1ccc(C(=O)C2CCN([C@H](C)C(=O)N(C)C)CC2)cc1. The monoisotopic (exact) mass is 318 g/mol. The van der Waals surface area contributed by atoms with Crippen LogP contribution in [0.2, 0.25) is 0 Å². The first-order valence-corrected chi connectivity index (χ1v) is 8.07. The van der Waals surface area contributed by atoms with Crippen LogP contribution >= 0.6 is 0 Å². The molecule has 5 heteroatoms. The van der Waals surface area contributed by atoms with Gasteiger partial charge in [0.25, 0.3) is 0 Å². The Hall–Kier alpha value is -1.88. The first kappa shape index (κ1) is 17.5. The smallest absolute Gasteiger partial charge is 0.239 e. The van der Waals surface area contributed by atoms with Gasteiger partial charge in [0.1, 0.15) is 5.75 Å². The largest absolute Gasteiger partial charge is 0.497 e. The first-order valence-electron chi connectivity index (χ1n) is 8.07. The summed E-state index contributed by atoms with van der Waals surface area (Å²) in [7, 11) is 5.17. The molecule has 0 unspecified atom stereocenters. The second-order valence-corrected chi connectivity index (χ2v) is 6.31. The van der Waals surface area contributed by atoms with Crippen LogP contribution in [0.5, 0.6) is 5.75 Å². The number of likely N-dealkylation sites (tertiary alicyclic amines) is 1. The highest BCUT2D eigenvalue weighted by molar-refractivity contribution is 5.98. The van der Waals surface area contributed by atoms with E-state index in [2.05, 4.69) is 4.90 Å². The molecule has 0 radical (unpaired) electrons. The lowest BCUT2D eigenvalue weighted by Crippen LogP contribution is -2.48. The molecule has 1 aliphatic heterocycles. The molecule has 0 N–H and O–H groups in total. The maximum atomic E-state index is 12.6. The van der Waals surface area contributed by atoms with Gasteiger partial charge in [-0.1, -0.05) is 0 Å². The molecule has 1 aliphatic rings. The summed E-state index contributed by atoms with van der Waals surface area (Å²) in [5.74, 6) is 1.11. The molecule has 0 aliphatic carbocycles. The van der Waals surface area contributed by atoms with Crippen molar-refractivity contribution in [2.24, 2.45) is 5.92 Å². The van der Waals surface area contributed by atoms with E-state index in [9.17, 15) is 9.59 Å². The molecule has 1 saturated heterocycles. The van der Waals surface area contributed by atoms with Crippen molar-refractivity contribution in [2.75, 3.05) is 34.3 Å². The van der Waals surface area contributed by atoms with E-state index in [0.717, 1.165) is 37.2 Å². The molecule has 2 rings (SSSR count). The standard InChI is InChI=1S/C18H26N2O3/c1-13(18(22)19(2)3)20-11-9-15(10-12-20)17(21)14-5-7-16(23-4)8-6-14/h5-8,13,15H,9-12H2,1-4H3/t13-/m1/s1. The van der Waals surface area contributed by atoms with E-state index in [0.29, 0.717) is 0 Å². The summed E-state index contributed by atoms with van der Waals surface area (Å²) in [6, 6.07) is 7.17. The van der Waals surface area contributed by atoms with Crippen molar-refractivity contribution in [2.45, 2.75) is 25.8 Å². The minimum absolute atomic E-state index is 0.0429. The number of rotatable bonds is 5. The van der Waals surface area contributed by atoms with Crippen molar-refractivity contribution in [1.29, 1.82) is 0 Å². The number of hydrogen-bond donors (Lipinski definition) is 0. The molecular formula is C18H26N2O3. The van der Waals surface area contributed by atoms with Crippen molar-refractivity contribution in [3.05, 3.63) is 29.8 Å². The van der Waals surface area contributed by atoms with E-state index in [1.807, 2.05) is 31.2 Å². The summed E-state index contributed by atoms with van der Waals surface area (Å²) >= 11 is 0. The number of likely N-dealkylation sites (N-methyl/N-ethyl adjacent to an activating group) is 1. The van der Waals surface area contributed by atoms with Gasteiger partial charge < -0.3 is 9.64 Å². The Morgan fingerprint density at radius 1 is 1.17 bits per heavy atom. The van der Waals surface area contributed by atoms with Gasteiger partial charge in [-0.3, -0.25) is 14.5 Å². The third kappa shape index (κ3) is 4.10. The first-order chi connectivity index (χ1) is 10.9. The van der Waals surface area contributed by atoms with Gasteiger partial charge in [0.05, 0.1) is 13.2 Å². The molecule has 5 nitrogen and oxygen atoms in total. The van der Waals surface area contributed by atoms with Gasteiger partial charge in [-0.25, -0.2) is 0 Å². The molecule has 1 fully saturated rings. The van der Waals surface area contributed by atoms with Crippen molar-refractivity contribution in [1.82, 2.24) is 9.80 Å². The number of carbonyl (C=O) groups excluding carboxylic acids is 2. The molecule has 0 aromatic heterocycles. The summed E-state index contributed by atoms with van der Waals surface area (Å²) in [4.78, 5) is 28.4. The number of Topliss-reactive ketones (excluding diaryl/α,β-unsaturated/α-hetero) is 1. The highest BCUT2D eigenvalue weighted by Crippen LogP contribution is 2.24. The van der Waals surface area contributed by atoms with Gasteiger partial charge in [0.15, 0.2) is 5.78 Å². The van der Waals surface area contributed by atoms with E-state index < -0.39 is 0 Å². The van der Waals surface area contributed by atoms with E-state index in [1.165, 1.54) is 0 Å². The number of ketones is 1. The lowest BCUT2D eigenvalue weighted by molar-refractivity contribution is -0.134. The predicted molar refractivity (Wildman–Crippen MR) is 89.8 cm³/mol. The average molecular weight is 318 g/mol. The van der Waals surface area contributed by atoms with Gasteiger partial charge in [-0.05, 0) is 57.1 Å². The molecule has 1 aromatic carbocycles. The minimum atomic E-state index is -0.123. The Labute approximate surface area is 138 Å². The molecule has 126 valence electrons. The van der Waals surface area contributed by atoms with Crippen LogP contribution in [0.3, 0.4) is 0 Å². The third-order valence-corrected chi connectivity index (χ3v) is 4.62. The number of benzene rings is 1. The Kier molecular flexibility index (Phi) is 5.77. The Balaban J connectivity index is 1.93. The van der Waals surface area contributed by atoms with Crippen LogP contribution in [0.25, 0.3) is 0 Å². The second kappa shape index (κ2) is 7.59. The molecule has 0 bridgehead atoms. The number of carbonyl (C=O) groups is 2. The molecule has 1 amide bonds. The molecule has 23 heavy (non-hydrogen) atoms. The van der Waals surface area contributed by atoms with Crippen LogP contribution in [0.1, 0.15) is 30.1 Å². The highest BCUT2D eigenvalue weighted by atomic mass is 16.5. The van der Waals surface area contributed by atoms with E-state index in [4.69, 9.17) is 4.74 Å². The predicted octanol–water partition coefficient (Wildman–Crippen LogP) is 2.07. The van der Waals surface area contributed by atoms with Crippen molar-refractivity contribution < 1.29 is 14.3 Å². The molecule has 1 atom stereocenters. The minimum Gasteiger partial charge on any atom is -0.497 e. The van der Waals surface area contributed by atoms with E-state index in [-0.39, 0.29) is 23.7 Å². The maximum Gasteiger partial charge on any atom is 0.239 e. The summed E-state index contributed by atoms with van der Waals surface area (Å²) in [6.45, 7) is 3.51. The van der Waals surface area contributed by atoms with Gasteiger partial charge in [-0.15, -0.1) is 0 Å². The molecular weight excluding hydrogens is 292 g/mol. The topological polar surface area (TPSA) is 49.9 Å². The fourth-order valence-electron chi connectivity index (χ4n) is 3.07. The zero-order chi connectivity index (χ0) is 17.0. The molecule has 1 aromatic rings. The van der Waals surface area contributed by atoms with Gasteiger partial charge in [-0.2, -0.15) is 0 Å². The lowest BCUT2D eigenvalue weighted by atomic mass is 9.88. The van der Waals surface area contributed by atoms with Crippen LogP contribution in [0.15, 0.2) is 24.3 Å². The fourth-order valence-corrected chi connectivity index (χ4v) is 3.07. The zero-order valence-corrected chi connectivity index (χ0v) is 14.4. The van der Waals surface area contributed by atoms with Crippen LogP contribution in [0.4, 0.5) is 0 Å². The second-order valence-electron chi connectivity index (χ2n) is 6.31. The van der Waals surface area contributed by atoms with Crippen molar-refractivity contribution in [3.63, 3.8) is 0 Å². The third-order valence-electron chi connectivity index (χ3n) is 4.62. The number of methoxy groups -OCH3 is 1. The molecule has 0 spiro atoms. The summed E-state index contributed by atoms with van der Waals surface area (Å²) in [5, 5.41) is 0. The van der Waals surface area contributed by atoms with Crippen LogP contribution in [0, 0.1) is 5.92 Å². The summed E-state index contributed by atoms with van der Waals surface area (Å²) < 4.78 is 5.12. The quantitative estimate of drug-likeness (QED) is 0.780. The normalized spacial score (nSPS) is 17.6. The zero-order valence-electron chi connectivity index (χ0n) is 14.4. The van der Waals surface area contributed by atoms with Crippen LogP contribution in [-0.2, 0) is 4.79 Å². The number of hydrogen-bond acceptors (Lipinski definition) is 4. The summed E-state index contributed by atoms with van der Waals surface area (Å²) in [6.07, 6.45) is 1.60. The van der Waals surface area contributed by atoms with Crippen LogP contribution < -0.4 is 4.74 Å². The van der Waals surface area contributed by atoms with Gasteiger partial charge in [0, 0.05) is 25.6 Å². The number of nitrogens with zero attached hydrogens (tertiary/aromatic N) is 2. The van der Waals surface area contributed by atoms with E-state index >= 15 is 0 Å². The van der Waals surface area contributed by atoms with Gasteiger partial charge >= 0.3 is 0 Å². The maximum absolute atomic E-state index is 12.6. The summed E-state index contributed by atoms with van der Waals surface area (Å²) in [5.41, 5.74) is 0.738. The van der Waals surface area contributed by atoms with Crippen molar-refractivity contribution in [3.8, 4) is 5.75 Å². The number of piperidine rings is 1. The van der Waals surface area contributed by atoms with Crippen molar-refractivity contribution >= 4 is 11.7 Å². The highest BCUT2D eigenvalue weighted by Gasteiger charge is 2.30. The molecule has 0 saturated carbocycles. The van der Waals surface area contributed by atoms with E-state index in [1.54, 1.807) is 26.1 Å². The Morgan fingerprint density at radius 3 is 2.22 bits per heavy atom. The Morgan fingerprint density at radius 2 is 1.74 bits per heavy atom. The van der Waals surface area contributed by atoms with Gasteiger partial charge in [0.2, 0.25) is 5.91 Å². The lowest BCUT2D eigenvalue weighted by Gasteiger charge is -2.35. The van der Waals surface area contributed by atoms with Crippen LogP contribution in [-0.4, -0.2) is 61.8 Å². The Bertz CT molecular complexity index is 546. The molecule has 1 heterocycles. The number of amides is 1. The fraction of sp³-hybridized carbons (Fsp3) is 0.556.